The van der Waals surface area contributed by atoms with Crippen molar-refractivity contribution in [3.8, 4) is 0 Å². The third-order valence-electron chi connectivity index (χ3n) is 11.7. The van der Waals surface area contributed by atoms with Crippen LogP contribution in [-0.2, 0) is 67.1 Å². The Labute approximate surface area is 457 Å². The first-order valence-corrected chi connectivity index (χ1v) is 25.6. The van der Waals surface area contributed by atoms with E-state index in [2.05, 4.69) is 53.2 Å². The molecular weight excluding hydrogens is 1050 g/mol. The number of primary amides is 2. The SMILES string of the molecule is CC(C)C[C@H](NC(=O)[C@H](CCC(N)=O)NC(=O)[C@H](CO)NC(=O)[C@@H](NC(=O)CNC(=O)[C@@H](NC(=O)[C@@H](NC(=O)[C@H](CCC(=O)O)NC(=O)[C@@H](C)N)[C@@H](C)O)C(C)C)C(C)C)C(=O)N[C@@H](CCC(=O)O)C(=O)N[C@H](C(N)=O)C(C)C. The second kappa shape index (κ2) is 35.1. The maximum atomic E-state index is 13.8. The van der Waals surface area contributed by atoms with Crippen LogP contribution in [0.5, 0.6) is 0 Å². The van der Waals surface area contributed by atoms with E-state index in [0.29, 0.717) is 0 Å². The van der Waals surface area contributed by atoms with Gasteiger partial charge in [0, 0.05) is 19.3 Å². The van der Waals surface area contributed by atoms with Crippen molar-refractivity contribution in [3.05, 3.63) is 0 Å². The molecule has 0 fully saturated rings. The fraction of sp³-hybridized carbons (Fsp3) is 0.708. The van der Waals surface area contributed by atoms with Crippen molar-refractivity contribution in [1.82, 2.24) is 53.2 Å². The minimum absolute atomic E-state index is 0.0845. The fourth-order valence-electron chi connectivity index (χ4n) is 7.20. The van der Waals surface area contributed by atoms with Gasteiger partial charge in [0.1, 0.15) is 54.4 Å². The number of hydrogen-bond acceptors (Lipinski definition) is 17. The zero-order valence-corrected chi connectivity index (χ0v) is 46.3. The van der Waals surface area contributed by atoms with Crippen LogP contribution >= 0.6 is 0 Å². The second-order valence-corrected chi connectivity index (χ2v) is 20.4. The predicted molar refractivity (Wildman–Crippen MR) is 278 cm³/mol. The van der Waals surface area contributed by atoms with Gasteiger partial charge in [0.05, 0.1) is 25.3 Å². The van der Waals surface area contributed by atoms with Crippen LogP contribution in [0.2, 0.25) is 0 Å². The number of nitrogens with two attached hydrogens (primary N) is 3. The Kier molecular flexibility index (Phi) is 31.7. The lowest BCUT2D eigenvalue weighted by molar-refractivity contribution is -0.139. The topological polar surface area (TPSA) is 518 Å². The van der Waals surface area contributed by atoms with Gasteiger partial charge in [-0.15, -0.1) is 0 Å². The van der Waals surface area contributed by atoms with Gasteiger partial charge in [-0.2, -0.15) is 0 Å². The largest absolute Gasteiger partial charge is 0.481 e. The standard InChI is InChI=1S/C48H83N13O18/c1-20(2)17-29(44(75)54-28(13-16-34(68)69)42(73)59-35(21(3)4)39(51)70)56-41(72)26(11-14-31(50)64)55-45(76)30(19-62)57-47(78)37(23(7)8)58-32(65)18-52-46(77)36(22(5)6)60-48(79)38(25(10)63)61-43(74)27(12-15-33(66)67)53-40(71)24(9)49/h20-30,35-38,62-63H,11-19,49H2,1-10H3,(H2,50,64)(H2,51,70)(H,52,77)(H,53,71)(H,54,75)(H,55,76)(H,56,72)(H,57,78)(H,58,65)(H,59,73)(H,60,79)(H,61,74)(H,66,67)(H,68,69)/t24-,25-,26+,27+,28+,29+,30+,35+,36+,37+,38+/m1/s1. The van der Waals surface area contributed by atoms with Gasteiger partial charge in [-0.05, 0) is 63.2 Å². The first kappa shape index (κ1) is 71.5. The molecule has 79 heavy (non-hydrogen) atoms. The van der Waals surface area contributed by atoms with Gasteiger partial charge in [0.15, 0.2) is 0 Å². The van der Waals surface area contributed by atoms with Crippen LogP contribution in [0.4, 0.5) is 0 Å². The van der Waals surface area contributed by atoms with Crippen LogP contribution in [0.15, 0.2) is 0 Å². The van der Waals surface area contributed by atoms with Gasteiger partial charge in [-0.1, -0.05) is 55.4 Å². The van der Waals surface area contributed by atoms with E-state index in [1.165, 1.54) is 34.6 Å². The molecule has 12 amide bonds. The summed E-state index contributed by atoms with van der Waals surface area (Å²) < 4.78 is 0. The van der Waals surface area contributed by atoms with Crippen molar-refractivity contribution < 1.29 is 87.5 Å². The number of nitrogens with one attached hydrogen (secondary N) is 10. The van der Waals surface area contributed by atoms with Crippen LogP contribution in [0, 0.1) is 23.7 Å². The zero-order valence-electron chi connectivity index (χ0n) is 46.3. The summed E-state index contributed by atoms with van der Waals surface area (Å²) in [7, 11) is 0. The summed E-state index contributed by atoms with van der Waals surface area (Å²) in [6.07, 6.45) is -4.67. The van der Waals surface area contributed by atoms with E-state index < -0.39 is 219 Å². The van der Waals surface area contributed by atoms with Crippen molar-refractivity contribution in [3.63, 3.8) is 0 Å². The molecule has 0 aliphatic heterocycles. The molecule has 0 aromatic rings. The summed E-state index contributed by atoms with van der Waals surface area (Å²) in [5.41, 5.74) is 16.3. The predicted octanol–water partition coefficient (Wildman–Crippen LogP) is -6.32. The Balaban J connectivity index is 6.25. The van der Waals surface area contributed by atoms with Gasteiger partial charge in [0.25, 0.3) is 0 Å². The number of aliphatic hydroxyl groups is 2. The Hall–Kier alpha value is -7.54. The Morgan fingerprint density at radius 3 is 1.16 bits per heavy atom. The lowest BCUT2D eigenvalue weighted by Crippen LogP contribution is -2.61. The number of amides is 12. The highest BCUT2D eigenvalue weighted by molar-refractivity contribution is 5.99. The number of carbonyl (C=O) groups is 14. The molecule has 0 saturated carbocycles. The molecule has 31 nitrogen and oxygen atoms in total. The number of carboxylic acid groups (broad SMARTS) is 2. The number of rotatable bonds is 37. The molecular formula is C48H83N13O18. The van der Waals surface area contributed by atoms with E-state index in [-0.39, 0.29) is 12.3 Å². The number of aliphatic hydroxyl groups excluding tert-OH is 2. The summed E-state index contributed by atoms with van der Waals surface area (Å²) in [4.78, 5) is 180. The van der Waals surface area contributed by atoms with Gasteiger partial charge in [-0.3, -0.25) is 67.1 Å². The molecule has 31 heteroatoms. The van der Waals surface area contributed by atoms with Crippen molar-refractivity contribution >= 4 is 82.8 Å². The van der Waals surface area contributed by atoms with Crippen LogP contribution in [0.1, 0.15) is 114 Å². The van der Waals surface area contributed by atoms with Gasteiger partial charge in [0.2, 0.25) is 70.9 Å². The molecule has 20 N–H and O–H groups in total. The van der Waals surface area contributed by atoms with E-state index in [1.54, 1.807) is 27.7 Å². The van der Waals surface area contributed by atoms with Crippen LogP contribution < -0.4 is 70.4 Å². The maximum absolute atomic E-state index is 13.8. The van der Waals surface area contributed by atoms with E-state index in [4.69, 9.17) is 22.3 Å². The Morgan fingerprint density at radius 2 is 0.772 bits per heavy atom. The van der Waals surface area contributed by atoms with Crippen molar-refractivity contribution in [2.45, 2.75) is 181 Å². The molecule has 0 rings (SSSR count). The molecule has 0 unspecified atom stereocenters. The molecule has 0 radical (unpaired) electrons. The van der Waals surface area contributed by atoms with Crippen LogP contribution in [-0.4, -0.2) is 183 Å². The van der Waals surface area contributed by atoms with Crippen LogP contribution in [0.25, 0.3) is 0 Å². The molecule has 11 atom stereocenters. The van der Waals surface area contributed by atoms with Gasteiger partial charge < -0.3 is 90.8 Å². The van der Waals surface area contributed by atoms with Gasteiger partial charge >= 0.3 is 11.9 Å². The Bertz CT molecular complexity index is 2170. The molecule has 0 aliphatic rings. The van der Waals surface area contributed by atoms with Crippen LogP contribution in [0.3, 0.4) is 0 Å². The summed E-state index contributed by atoms with van der Waals surface area (Å²) in [6.45, 7) is 13.1. The molecule has 0 heterocycles. The summed E-state index contributed by atoms with van der Waals surface area (Å²) >= 11 is 0. The highest BCUT2D eigenvalue weighted by atomic mass is 16.4. The summed E-state index contributed by atoms with van der Waals surface area (Å²) in [5, 5.41) is 62.6. The maximum Gasteiger partial charge on any atom is 0.303 e. The van der Waals surface area contributed by atoms with Crippen molar-refractivity contribution in [2.24, 2.45) is 40.9 Å². The molecule has 448 valence electrons. The second-order valence-electron chi connectivity index (χ2n) is 20.4. The quantitative estimate of drug-likeness (QED) is 0.0275. The number of carboxylic acids is 2. The molecule has 0 bridgehead atoms. The van der Waals surface area contributed by atoms with E-state index in [1.807, 2.05) is 0 Å². The van der Waals surface area contributed by atoms with E-state index in [0.717, 1.165) is 6.92 Å². The first-order valence-electron chi connectivity index (χ1n) is 25.6. The lowest BCUT2D eigenvalue weighted by Gasteiger charge is -2.28. The Morgan fingerprint density at radius 1 is 0.418 bits per heavy atom. The molecule has 0 aliphatic carbocycles. The monoisotopic (exact) mass is 1130 g/mol. The third kappa shape index (κ3) is 27.1. The number of carbonyl (C=O) groups excluding carboxylic acids is 12. The normalized spacial score (nSPS) is 15.4. The van der Waals surface area contributed by atoms with Crippen molar-refractivity contribution in [2.75, 3.05) is 13.2 Å². The molecule has 0 spiro atoms. The molecule has 0 aromatic carbocycles. The zero-order chi connectivity index (χ0) is 61.2. The number of aliphatic carboxylic acids is 2. The lowest BCUT2D eigenvalue weighted by atomic mass is 10.00. The third-order valence-corrected chi connectivity index (χ3v) is 11.7. The average molecular weight is 1130 g/mol. The minimum Gasteiger partial charge on any atom is -0.481 e. The molecule has 0 aromatic heterocycles. The van der Waals surface area contributed by atoms with E-state index >= 15 is 0 Å². The number of hydrogen-bond donors (Lipinski definition) is 17. The minimum atomic E-state index is -1.82. The average Bonchev–Trinajstić information content (AvgIpc) is 3.33. The summed E-state index contributed by atoms with van der Waals surface area (Å²) in [6, 6.07) is -14.8. The highest BCUT2D eigenvalue weighted by Gasteiger charge is 2.37. The molecule has 0 saturated heterocycles. The smallest absolute Gasteiger partial charge is 0.303 e. The summed E-state index contributed by atoms with van der Waals surface area (Å²) in [5.74, 6) is -16.7. The highest BCUT2D eigenvalue weighted by Crippen LogP contribution is 2.12. The van der Waals surface area contributed by atoms with Gasteiger partial charge in [-0.25, -0.2) is 0 Å². The first-order chi connectivity index (χ1) is 36.5. The van der Waals surface area contributed by atoms with Crippen molar-refractivity contribution in [1.29, 1.82) is 0 Å². The fourth-order valence-corrected chi connectivity index (χ4v) is 7.20. The van der Waals surface area contributed by atoms with E-state index in [9.17, 15) is 82.4 Å².